The molecule has 3 aromatic carbocycles. The smallest absolute Gasteiger partial charge is 0.265 e. The van der Waals surface area contributed by atoms with Crippen LogP contribution in [0.2, 0.25) is 0 Å². The molecule has 0 atom stereocenters. The summed E-state index contributed by atoms with van der Waals surface area (Å²) in [7, 11) is -3.97. The van der Waals surface area contributed by atoms with Gasteiger partial charge in [0.2, 0.25) is 5.91 Å². The summed E-state index contributed by atoms with van der Waals surface area (Å²) in [6.07, 6.45) is 1.52. The number of fused-ring (bicyclic) bond motifs is 3. The zero-order valence-corrected chi connectivity index (χ0v) is 20.2. The van der Waals surface area contributed by atoms with Gasteiger partial charge in [0, 0.05) is 11.1 Å². The van der Waals surface area contributed by atoms with Crippen molar-refractivity contribution in [3.63, 3.8) is 0 Å². The van der Waals surface area contributed by atoms with Crippen LogP contribution in [-0.4, -0.2) is 26.8 Å². The average Bonchev–Trinajstić information content (AvgIpc) is 3.39. The van der Waals surface area contributed by atoms with Crippen LogP contribution in [0.15, 0.2) is 94.4 Å². The van der Waals surface area contributed by atoms with E-state index in [-0.39, 0.29) is 22.7 Å². The van der Waals surface area contributed by atoms with E-state index in [0.29, 0.717) is 17.0 Å². The van der Waals surface area contributed by atoms with E-state index in [9.17, 15) is 18.0 Å². The first-order valence-electron chi connectivity index (χ1n) is 11.3. The van der Waals surface area contributed by atoms with Crippen LogP contribution in [0, 0.1) is 6.92 Å². The van der Waals surface area contributed by atoms with Crippen molar-refractivity contribution in [1.29, 1.82) is 0 Å². The first-order valence-corrected chi connectivity index (χ1v) is 12.7. The predicted octanol–water partition coefficient (Wildman–Crippen LogP) is 4.33. The van der Waals surface area contributed by atoms with Crippen molar-refractivity contribution in [2.24, 2.45) is 0 Å². The summed E-state index contributed by atoms with van der Waals surface area (Å²) in [5.74, 6) is -0.382. The van der Waals surface area contributed by atoms with E-state index in [4.69, 9.17) is 4.42 Å². The number of hydrogen-bond donors (Lipinski definition) is 2. The minimum atomic E-state index is -3.97. The Balaban J connectivity index is 1.40. The number of hydrogen-bond acceptors (Lipinski definition) is 5. The van der Waals surface area contributed by atoms with Crippen LogP contribution in [0.3, 0.4) is 0 Å². The van der Waals surface area contributed by atoms with Gasteiger partial charge in [0.05, 0.1) is 34.6 Å². The number of anilines is 2. The highest BCUT2D eigenvalue weighted by Crippen LogP contribution is 2.43. The van der Waals surface area contributed by atoms with Crippen molar-refractivity contribution in [3.05, 3.63) is 102 Å². The SMILES string of the molecule is Cc1ccc2c(c1)-c1ccccc1S(=O)(=O)N2CC(=O)Nc1ccccc1C(=O)NCc1ccco1. The molecule has 0 unspecified atom stereocenters. The number of amides is 2. The molecule has 0 spiro atoms. The summed E-state index contributed by atoms with van der Waals surface area (Å²) >= 11 is 0. The fourth-order valence-corrected chi connectivity index (χ4v) is 5.85. The zero-order chi connectivity index (χ0) is 25.3. The molecule has 1 aromatic heterocycles. The van der Waals surface area contributed by atoms with Gasteiger partial charge in [-0.15, -0.1) is 0 Å². The Hall–Kier alpha value is -4.37. The largest absolute Gasteiger partial charge is 0.467 e. The summed E-state index contributed by atoms with van der Waals surface area (Å²) in [6, 6.07) is 22.2. The van der Waals surface area contributed by atoms with Crippen LogP contribution >= 0.6 is 0 Å². The van der Waals surface area contributed by atoms with Crippen molar-refractivity contribution >= 4 is 33.2 Å². The monoisotopic (exact) mass is 501 g/mol. The molecule has 8 nitrogen and oxygen atoms in total. The van der Waals surface area contributed by atoms with E-state index in [1.165, 1.54) is 6.26 Å². The van der Waals surface area contributed by atoms with Gasteiger partial charge in [-0.25, -0.2) is 8.42 Å². The second kappa shape index (κ2) is 9.35. The number of nitrogens with zero attached hydrogens (tertiary/aromatic N) is 1. The molecule has 2 N–H and O–H groups in total. The molecule has 1 aliphatic heterocycles. The molecule has 0 aliphatic carbocycles. The second-order valence-corrected chi connectivity index (χ2v) is 10.2. The van der Waals surface area contributed by atoms with E-state index in [2.05, 4.69) is 10.6 Å². The van der Waals surface area contributed by atoms with E-state index in [1.807, 2.05) is 19.1 Å². The molecule has 0 saturated heterocycles. The molecule has 2 heterocycles. The highest BCUT2D eigenvalue weighted by Gasteiger charge is 2.36. The third kappa shape index (κ3) is 4.36. The lowest BCUT2D eigenvalue weighted by atomic mass is 10.0. The first-order chi connectivity index (χ1) is 17.3. The number of carbonyl (C=O) groups excluding carboxylic acids is 2. The first kappa shape index (κ1) is 23.4. The van der Waals surface area contributed by atoms with Crippen LogP contribution in [0.25, 0.3) is 11.1 Å². The number of carbonyl (C=O) groups is 2. The van der Waals surface area contributed by atoms with E-state index >= 15 is 0 Å². The highest BCUT2D eigenvalue weighted by atomic mass is 32.2. The van der Waals surface area contributed by atoms with Gasteiger partial charge in [0.15, 0.2) is 0 Å². The summed E-state index contributed by atoms with van der Waals surface area (Å²) in [5.41, 5.74) is 3.27. The topological polar surface area (TPSA) is 109 Å². The normalized spacial score (nSPS) is 13.4. The summed E-state index contributed by atoms with van der Waals surface area (Å²) < 4.78 is 33.3. The quantitative estimate of drug-likeness (QED) is 0.409. The van der Waals surface area contributed by atoms with Crippen molar-refractivity contribution in [3.8, 4) is 11.1 Å². The summed E-state index contributed by atoms with van der Waals surface area (Å²) in [5, 5.41) is 5.45. The molecule has 182 valence electrons. The van der Waals surface area contributed by atoms with Crippen molar-refractivity contribution in [2.75, 3.05) is 16.2 Å². The Morgan fingerprint density at radius 1 is 0.917 bits per heavy atom. The molecule has 0 bridgehead atoms. The van der Waals surface area contributed by atoms with Gasteiger partial charge in [-0.1, -0.05) is 42.0 Å². The Morgan fingerprint density at radius 3 is 2.50 bits per heavy atom. The van der Waals surface area contributed by atoms with Crippen molar-refractivity contribution in [1.82, 2.24) is 5.32 Å². The molecule has 4 aromatic rings. The van der Waals surface area contributed by atoms with E-state index < -0.39 is 28.4 Å². The van der Waals surface area contributed by atoms with Gasteiger partial charge in [-0.2, -0.15) is 0 Å². The molecular weight excluding hydrogens is 478 g/mol. The van der Waals surface area contributed by atoms with Gasteiger partial charge in [-0.3, -0.25) is 13.9 Å². The zero-order valence-electron chi connectivity index (χ0n) is 19.4. The average molecular weight is 502 g/mol. The molecular formula is C27H23N3O5S. The number of furan rings is 1. The molecule has 5 rings (SSSR count). The third-order valence-corrected chi connectivity index (χ3v) is 7.72. The molecule has 0 fully saturated rings. The van der Waals surface area contributed by atoms with E-state index in [1.54, 1.807) is 66.7 Å². The highest BCUT2D eigenvalue weighted by molar-refractivity contribution is 7.93. The molecule has 9 heteroatoms. The fraction of sp³-hybridized carbons (Fsp3) is 0.111. The second-order valence-electron chi connectivity index (χ2n) is 8.38. The predicted molar refractivity (Wildman–Crippen MR) is 136 cm³/mol. The van der Waals surface area contributed by atoms with Crippen LogP contribution < -0.4 is 14.9 Å². The molecule has 36 heavy (non-hydrogen) atoms. The van der Waals surface area contributed by atoms with Crippen LogP contribution in [0.4, 0.5) is 11.4 Å². The Bertz CT molecular complexity index is 1560. The van der Waals surface area contributed by atoms with Crippen molar-refractivity contribution in [2.45, 2.75) is 18.4 Å². The maximum Gasteiger partial charge on any atom is 0.265 e. The minimum Gasteiger partial charge on any atom is -0.467 e. The number of para-hydroxylation sites is 1. The fourth-order valence-electron chi connectivity index (χ4n) is 4.20. The lowest BCUT2D eigenvalue weighted by Crippen LogP contribution is -2.40. The molecule has 1 aliphatic rings. The van der Waals surface area contributed by atoms with Crippen LogP contribution in [0.1, 0.15) is 21.7 Å². The van der Waals surface area contributed by atoms with Gasteiger partial charge in [0.25, 0.3) is 15.9 Å². The van der Waals surface area contributed by atoms with Gasteiger partial charge in [0.1, 0.15) is 12.3 Å². The Kier molecular flexibility index (Phi) is 6.07. The molecule has 0 saturated carbocycles. The van der Waals surface area contributed by atoms with Gasteiger partial charge < -0.3 is 15.1 Å². The van der Waals surface area contributed by atoms with Crippen LogP contribution in [0.5, 0.6) is 0 Å². The summed E-state index contributed by atoms with van der Waals surface area (Å²) in [4.78, 5) is 26.0. The minimum absolute atomic E-state index is 0.147. The molecule has 0 radical (unpaired) electrons. The van der Waals surface area contributed by atoms with Gasteiger partial charge >= 0.3 is 0 Å². The summed E-state index contributed by atoms with van der Waals surface area (Å²) in [6.45, 7) is 1.67. The third-order valence-electron chi connectivity index (χ3n) is 5.90. The number of benzene rings is 3. The maximum atomic E-state index is 13.5. The number of sulfonamides is 1. The number of rotatable bonds is 6. The van der Waals surface area contributed by atoms with Crippen molar-refractivity contribution < 1.29 is 22.4 Å². The lowest BCUT2D eigenvalue weighted by molar-refractivity contribution is -0.114. The Morgan fingerprint density at radius 2 is 1.69 bits per heavy atom. The standard InChI is InChI=1S/C27H23N3O5S/c1-18-12-13-24-22(15-18)20-8-3-5-11-25(20)36(33,34)30(24)17-26(31)29-23-10-4-2-9-21(23)27(32)28-16-19-7-6-14-35-19/h2-15H,16-17H2,1H3,(H,28,32)(H,29,31). The number of nitrogens with one attached hydrogen (secondary N) is 2. The maximum absolute atomic E-state index is 13.5. The Labute approximate surface area is 208 Å². The van der Waals surface area contributed by atoms with Gasteiger partial charge in [-0.05, 0) is 49.4 Å². The van der Waals surface area contributed by atoms with E-state index in [0.717, 1.165) is 15.4 Å². The lowest BCUT2D eigenvalue weighted by Gasteiger charge is -2.32. The van der Waals surface area contributed by atoms with Crippen LogP contribution in [-0.2, 0) is 21.4 Å². The number of aryl methyl sites for hydroxylation is 1. The molecule has 2 amide bonds.